The molecule has 0 N–H and O–H groups in total. The molecule has 8 heteroatoms. The molecule has 1 aliphatic heterocycles. The summed E-state index contributed by atoms with van der Waals surface area (Å²) in [5.41, 5.74) is 1.81. The average molecular weight is 409 g/mol. The zero-order chi connectivity index (χ0) is 20.0. The first-order valence-electron chi connectivity index (χ1n) is 9.47. The van der Waals surface area contributed by atoms with Gasteiger partial charge in [0.2, 0.25) is 0 Å². The average Bonchev–Trinajstić information content (AvgIpc) is 3.01. The Morgan fingerprint density at radius 1 is 1.15 bits per heavy atom. The summed E-state index contributed by atoms with van der Waals surface area (Å²) in [6.45, 7) is 16.4. The Labute approximate surface area is 168 Å². The molecule has 0 aliphatic carbocycles. The number of hydrogen-bond acceptors (Lipinski definition) is 4. The zero-order valence-corrected chi connectivity index (χ0v) is 19.2. The van der Waals surface area contributed by atoms with Gasteiger partial charge in [-0.25, -0.2) is 4.98 Å². The first-order valence-corrected chi connectivity index (χ1v) is 13.6. The van der Waals surface area contributed by atoms with Crippen LogP contribution in [0.1, 0.15) is 27.7 Å². The van der Waals surface area contributed by atoms with Gasteiger partial charge < -0.3 is 18.6 Å². The Morgan fingerprint density at radius 3 is 2.37 bits per heavy atom. The molecule has 2 aromatic rings. The van der Waals surface area contributed by atoms with E-state index in [1.165, 1.54) is 0 Å². The lowest BCUT2D eigenvalue weighted by atomic mass is 9.79. The Balaban J connectivity index is 1.77. The highest BCUT2D eigenvalue weighted by atomic mass is 35.5. The second-order valence-electron chi connectivity index (χ2n) is 9.52. The summed E-state index contributed by atoms with van der Waals surface area (Å²) in [7, 11) is -1.54. The van der Waals surface area contributed by atoms with Gasteiger partial charge in [-0.2, -0.15) is 0 Å². The number of aromatic nitrogens is 2. The third-order valence-corrected chi connectivity index (χ3v) is 7.43. The van der Waals surface area contributed by atoms with E-state index in [4.69, 9.17) is 25.6 Å². The van der Waals surface area contributed by atoms with Crippen molar-refractivity contribution in [2.24, 2.45) is 0 Å². The molecule has 1 fully saturated rings. The first-order chi connectivity index (χ1) is 12.4. The highest BCUT2D eigenvalue weighted by molar-refractivity contribution is 6.76. The fourth-order valence-electron chi connectivity index (χ4n) is 2.93. The molecule has 0 bridgehead atoms. The molecule has 27 heavy (non-hydrogen) atoms. The van der Waals surface area contributed by atoms with Gasteiger partial charge >= 0.3 is 7.12 Å². The number of imidazole rings is 1. The van der Waals surface area contributed by atoms with E-state index in [2.05, 4.69) is 24.6 Å². The number of hydrogen-bond donors (Lipinski definition) is 0. The second kappa shape index (κ2) is 7.19. The van der Waals surface area contributed by atoms with Crippen molar-refractivity contribution in [1.29, 1.82) is 0 Å². The van der Waals surface area contributed by atoms with Gasteiger partial charge in [0.15, 0.2) is 0 Å². The van der Waals surface area contributed by atoms with Gasteiger partial charge in [0.25, 0.3) is 0 Å². The highest BCUT2D eigenvalue weighted by Gasteiger charge is 2.51. The minimum Gasteiger partial charge on any atom is -0.399 e. The molecule has 1 aromatic carbocycles. The zero-order valence-electron chi connectivity index (χ0n) is 17.4. The van der Waals surface area contributed by atoms with Crippen molar-refractivity contribution in [2.45, 2.75) is 71.3 Å². The minimum absolute atomic E-state index is 0.386. The van der Waals surface area contributed by atoms with Crippen LogP contribution in [0.5, 0.6) is 0 Å². The van der Waals surface area contributed by atoms with Crippen LogP contribution < -0.4 is 5.46 Å². The summed E-state index contributed by atoms with van der Waals surface area (Å²) in [5, 5.41) is 0.628. The lowest BCUT2D eigenvalue weighted by Gasteiger charge is -2.32. The molecule has 0 radical (unpaired) electrons. The van der Waals surface area contributed by atoms with Crippen molar-refractivity contribution in [3.8, 4) is 0 Å². The van der Waals surface area contributed by atoms with Gasteiger partial charge in [-0.15, -0.1) is 0 Å². The third kappa shape index (κ3) is 4.43. The first kappa shape index (κ1) is 20.9. The molecule has 0 spiro atoms. The monoisotopic (exact) mass is 408 g/mol. The van der Waals surface area contributed by atoms with Crippen LogP contribution in [0, 0.1) is 0 Å². The number of fused-ring (bicyclic) bond motifs is 1. The van der Waals surface area contributed by atoms with Crippen LogP contribution in [0.3, 0.4) is 0 Å². The summed E-state index contributed by atoms with van der Waals surface area (Å²) < 4.78 is 20.1. The molecule has 1 aromatic heterocycles. The van der Waals surface area contributed by atoms with Crippen molar-refractivity contribution in [3.63, 3.8) is 0 Å². The van der Waals surface area contributed by atoms with Crippen molar-refractivity contribution < 1.29 is 14.0 Å². The van der Waals surface area contributed by atoms with E-state index in [1.54, 1.807) is 6.33 Å². The van der Waals surface area contributed by atoms with Gasteiger partial charge in [-0.1, -0.05) is 31.2 Å². The molecular weight excluding hydrogens is 379 g/mol. The maximum atomic E-state index is 6.59. The molecule has 1 saturated heterocycles. The Hall–Kier alpha value is -0.858. The third-order valence-electron chi connectivity index (χ3n) is 5.44. The molecule has 0 atom stereocenters. The summed E-state index contributed by atoms with van der Waals surface area (Å²) in [4.78, 5) is 4.51. The number of rotatable bonds is 6. The van der Waals surface area contributed by atoms with Crippen LogP contribution in [-0.4, -0.2) is 42.6 Å². The molecule has 1 aliphatic rings. The van der Waals surface area contributed by atoms with Gasteiger partial charge in [0, 0.05) is 14.7 Å². The van der Waals surface area contributed by atoms with Crippen molar-refractivity contribution in [2.75, 3.05) is 6.61 Å². The molecular formula is C19H30BClN2O3Si. The lowest BCUT2D eigenvalue weighted by molar-refractivity contribution is 0.00578. The van der Waals surface area contributed by atoms with Crippen LogP contribution in [0.2, 0.25) is 30.7 Å². The smallest absolute Gasteiger partial charge is 0.399 e. The number of ether oxygens (including phenoxy) is 1. The highest BCUT2D eigenvalue weighted by Crippen LogP contribution is 2.37. The number of nitrogens with zero attached hydrogens (tertiary/aromatic N) is 2. The molecule has 3 rings (SSSR count). The number of benzene rings is 1. The van der Waals surface area contributed by atoms with Crippen molar-refractivity contribution in [3.05, 3.63) is 23.5 Å². The van der Waals surface area contributed by atoms with Gasteiger partial charge in [-0.3, -0.25) is 0 Å². The van der Waals surface area contributed by atoms with Crippen LogP contribution in [0.25, 0.3) is 11.0 Å². The van der Waals surface area contributed by atoms with E-state index in [9.17, 15) is 0 Å². The topological polar surface area (TPSA) is 45.5 Å². The fourth-order valence-corrected chi connectivity index (χ4v) is 4.02. The van der Waals surface area contributed by atoms with E-state index >= 15 is 0 Å². The van der Waals surface area contributed by atoms with Crippen LogP contribution in [0.4, 0.5) is 0 Å². The Bertz CT molecular complexity index is 816. The molecule has 0 unspecified atom stereocenters. The normalized spacial score (nSPS) is 19.2. The maximum absolute atomic E-state index is 6.59. The van der Waals surface area contributed by atoms with E-state index in [-0.39, 0.29) is 11.2 Å². The van der Waals surface area contributed by atoms with Crippen LogP contribution in [0.15, 0.2) is 18.5 Å². The van der Waals surface area contributed by atoms with E-state index in [0.29, 0.717) is 11.8 Å². The van der Waals surface area contributed by atoms with E-state index in [0.717, 1.165) is 29.1 Å². The molecule has 2 heterocycles. The predicted molar refractivity (Wildman–Crippen MR) is 115 cm³/mol. The van der Waals surface area contributed by atoms with Gasteiger partial charge in [-0.05, 0) is 51.3 Å². The summed E-state index contributed by atoms with van der Waals surface area (Å²) in [6, 6.07) is 5.04. The van der Waals surface area contributed by atoms with E-state index in [1.807, 2.05) is 44.4 Å². The van der Waals surface area contributed by atoms with E-state index < -0.39 is 15.2 Å². The van der Waals surface area contributed by atoms with Crippen LogP contribution in [-0.2, 0) is 20.8 Å². The molecule has 0 saturated carbocycles. The van der Waals surface area contributed by atoms with Gasteiger partial charge in [0.1, 0.15) is 6.73 Å². The summed E-state index contributed by atoms with van der Waals surface area (Å²) >= 11 is 6.59. The minimum atomic E-state index is -1.09. The maximum Gasteiger partial charge on any atom is 0.494 e. The Morgan fingerprint density at radius 2 is 1.78 bits per heavy atom. The molecule has 5 nitrogen and oxygen atoms in total. The number of halogens is 1. The summed E-state index contributed by atoms with van der Waals surface area (Å²) in [6.07, 6.45) is 1.78. The summed E-state index contributed by atoms with van der Waals surface area (Å²) in [5.74, 6) is 0. The largest absolute Gasteiger partial charge is 0.494 e. The van der Waals surface area contributed by atoms with Crippen molar-refractivity contribution >= 4 is 43.3 Å². The predicted octanol–water partition coefficient (Wildman–Crippen LogP) is 4.30. The lowest BCUT2D eigenvalue weighted by Crippen LogP contribution is -2.41. The molecule has 148 valence electrons. The van der Waals surface area contributed by atoms with Crippen molar-refractivity contribution in [1.82, 2.24) is 9.55 Å². The van der Waals surface area contributed by atoms with Gasteiger partial charge in [0.05, 0.1) is 33.6 Å². The second-order valence-corrected chi connectivity index (χ2v) is 15.5. The standard InChI is InChI=1S/C19H30BClN2O3Si/c1-18(2)19(3,4)26-20(25-18)14-10-15(21)17-16(11-14)22-12-23(17)13-24-8-9-27(5,6)7/h10-12H,8-9,13H2,1-7H3. The Kier molecular flexibility index (Phi) is 5.56. The quantitative estimate of drug-likeness (QED) is 0.528. The fraction of sp³-hybridized carbons (Fsp3) is 0.632. The molecule has 0 amide bonds. The van der Waals surface area contributed by atoms with Crippen LogP contribution >= 0.6 is 11.6 Å². The SMILES string of the molecule is CC1(C)OB(c2cc(Cl)c3c(c2)ncn3COCC[Si](C)(C)C)OC1(C)C.